The lowest BCUT2D eigenvalue weighted by Gasteiger charge is -2.17. The average molecular weight is 371 g/mol. The van der Waals surface area contributed by atoms with Gasteiger partial charge in [0.25, 0.3) is 5.89 Å². The molecule has 3 aromatic rings. The fourth-order valence-corrected chi connectivity index (χ4v) is 2.74. The lowest BCUT2D eigenvalue weighted by molar-refractivity contribution is -0.116. The zero-order chi connectivity index (χ0) is 17.9. The van der Waals surface area contributed by atoms with E-state index in [0.29, 0.717) is 29.5 Å². The van der Waals surface area contributed by atoms with E-state index in [4.69, 9.17) is 20.8 Å². The van der Waals surface area contributed by atoms with Gasteiger partial charge in [0.05, 0.1) is 0 Å². The number of anilines is 3. The Morgan fingerprint density at radius 2 is 2.00 bits per heavy atom. The summed E-state index contributed by atoms with van der Waals surface area (Å²) >= 11 is 5.85. The van der Waals surface area contributed by atoms with Gasteiger partial charge in [-0.1, -0.05) is 16.7 Å². The summed E-state index contributed by atoms with van der Waals surface area (Å²) in [7, 11) is 0. The molecule has 0 bridgehead atoms. The highest BCUT2D eigenvalue weighted by molar-refractivity contribution is 6.30. The van der Waals surface area contributed by atoms with Gasteiger partial charge in [-0.05, 0) is 54.4 Å². The first-order valence-corrected chi connectivity index (χ1v) is 8.44. The number of amides is 1. The van der Waals surface area contributed by atoms with Crippen molar-refractivity contribution in [1.29, 1.82) is 0 Å². The molecule has 1 aliphatic rings. The fraction of sp³-hybridized carbons (Fsp3) is 0.167. The standard InChI is InChI=1S/C18H15ClN4O3/c19-12-2-4-13(5-3-12)20-18-23-22-17(26-18)10-25-14-6-7-15-11(9-14)1-8-16(24)21-15/h2-7,9H,1,8,10H2,(H,20,23)(H,21,24). The highest BCUT2D eigenvalue weighted by atomic mass is 35.5. The van der Waals surface area contributed by atoms with Crippen LogP contribution in [0.5, 0.6) is 5.75 Å². The Bertz CT molecular complexity index is 940. The normalized spacial score (nSPS) is 13.0. The summed E-state index contributed by atoms with van der Waals surface area (Å²) in [6.07, 6.45) is 1.19. The molecule has 1 aliphatic heterocycles. The van der Waals surface area contributed by atoms with E-state index >= 15 is 0 Å². The summed E-state index contributed by atoms with van der Waals surface area (Å²) < 4.78 is 11.2. The van der Waals surface area contributed by atoms with Crippen LogP contribution in [0.1, 0.15) is 17.9 Å². The maximum absolute atomic E-state index is 11.4. The zero-order valence-electron chi connectivity index (χ0n) is 13.7. The van der Waals surface area contributed by atoms with Gasteiger partial charge in [-0.2, -0.15) is 0 Å². The second-order valence-electron chi connectivity index (χ2n) is 5.79. The van der Waals surface area contributed by atoms with Crippen LogP contribution in [0.2, 0.25) is 5.02 Å². The molecule has 1 aromatic heterocycles. The Labute approximate surface area is 154 Å². The first-order valence-electron chi connectivity index (χ1n) is 8.06. The van der Waals surface area contributed by atoms with E-state index in [9.17, 15) is 4.79 Å². The number of ether oxygens (including phenoxy) is 1. The fourth-order valence-electron chi connectivity index (χ4n) is 2.61. The van der Waals surface area contributed by atoms with E-state index in [0.717, 1.165) is 16.9 Å². The second-order valence-corrected chi connectivity index (χ2v) is 6.23. The first kappa shape index (κ1) is 16.4. The van der Waals surface area contributed by atoms with Crippen molar-refractivity contribution in [2.45, 2.75) is 19.4 Å². The van der Waals surface area contributed by atoms with Gasteiger partial charge in [-0.3, -0.25) is 4.79 Å². The number of carbonyl (C=O) groups excluding carboxylic acids is 1. The minimum absolute atomic E-state index is 0.0396. The van der Waals surface area contributed by atoms with Crippen molar-refractivity contribution in [2.75, 3.05) is 10.6 Å². The smallest absolute Gasteiger partial charge is 0.320 e. The third-order valence-electron chi connectivity index (χ3n) is 3.90. The number of rotatable bonds is 5. The van der Waals surface area contributed by atoms with E-state index in [-0.39, 0.29) is 18.5 Å². The van der Waals surface area contributed by atoms with Gasteiger partial charge < -0.3 is 19.8 Å². The molecule has 2 N–H and O–H groups in total. The largest absolute Gasteiger partial charge is 0.484 e. The quantitative estimate of drug-likeness (QED) is 0.707. The van der Waals surface area contributed by atoms with Gasteiger partial charge in [0, 0.05) is 22.8 Å². The average Bonchev–Trinajstić information content (AvgIpc) is 3.09. The van der Waals surface area contributed by atoms with E-state index in [1.54, 1.807) is 18.2 Å². The van der Waals surface area contributed by atoms with Crippen molar-refractivity contribution in [3.05, 3.63) is 58.9 Å². The number of hydrogen-bond acceptors (Lipinski definition) is 6. The predicted molar refractivity (Wildman–Crippen MR) is 96.8 cm³/mol. The summed E-state index contributed by atoms with van der Waals surface area (Å²) in [5.41, 5.74) is 2.68. The molecular weight excluding hydrogens is 356 g/mol. The van der Waals surface area contributed by atoms with Gasteiger partial charge in [-0.15, -0.1) is 5.10 Å². The van der Waals surface area contributed by atoms with Crippen LogP contribution in [0.25, 0.3) is 0 Å². The summed E-state index contributed by atoms with van der Waals surface area (Å²) in [4.78, 5) is 11.4. The van der Waals surface area contributed by atoms with Crippen LogP contribution in [0.3, 0.4) is 0 Å². The van der Waals surface area contributed by atoms with E-state index in [1.165, 1.54) is 0 Å². The van der Waals surface area contributed by atoms with Gasteiger partial charge in [-0.25, -0.2) is 0 Å². The molecule has 0 fully saturated rings. The summed E-state index contributed by atoms with van der Waals surface area (Å²) in [6.45, 7) is 0.153. The molecule has 26 heavy (non-hydrogen) atoms. The molecule has 0 saturated carbocycles. The lowest BCUT2D eigenvalue weighted by atomic mass is 10.0. The number of carbonyl (C=O) groups is 1. The van der Waals surface area contributed by atoms with Crippen LogP contribution in [-0.2, 0) is 17.8 Å². The molecule has 8 heteroatoms. The Kier molecular flexibility index (Phi) is 4.45. The number of benzene rings is 2. The van der Waals surface area contributed by atoms with Crippen LogP contribution < -0.4 is 15.4 Å². The summed E-state index contributed by atoms with van der Waals surface area (Å²) in [5, 5.41) is 14.4. The van der Waals surface area contributed by atoms with Crippen molar-refractivity contribution in [3.63, 3.8) is 0 Å². The highest BCUT2D eigenvalue weighted by Crippen LogP contribution is 2.27. The molecule has 0 unspecified atom stereocenters. The Morgan fingerprint density at radius 3 is 2.85 bits per heavy atom. The van der Waals surface area contributed by atoms with E-state index in [1.807, 2.05) is 24.3 Å². The van der Waals surface area contributed by atoms with E-state index in [2.05, 4.69) is 20.8 Å². The van der Waals surface area contributed by atoms with Gasteiger partial charge in [0.2, 0.25) is 5.91 Å². The number of halogens is 1. The maximum atomic E-state index is 11.4. The summed E-state index contributed by atoms with van der Waals surface area (Å²) in [6, 6.07) is 13.0. The number of hydrogen-bond donors (Lipinski definition) is 2. The van der Waals surface area contributed by atoms with E-state index < -0.39 is 0 Å². The van der Waals surface area contributed by atoms with Crippen LogP contribution in [0.15, 0.2) is 46.9 Å². The number of nitrogens with zero attached hydrogens (tertiary/aromatic N) is 2. The molecule has 0 atom stereocenters. The number of fused-ring (bicyclic) bond motifs is 1. The van der Waals surface area contributed by atoms with Crippen molar-refractivity contribution in [2.24, 2.45) is 0 Å². The molecule has 0 radical (unpaired) electrons. The molecule has 0 aliphatic carbocycles. The maximum Gasteiger partial charge on any atom is 0.320 e. The molecule has 0 spiro atoms. The van der Waals surface area contributed by atoms with Crippen LogP contribution in [0.4, 0.5) is 17.4 Å². The van der Waals surface area contributed by atoms with Gasteiger partial charge in [0.15, 0.2) is 6.61 Å². The monoisotopic (exact) mass is 370 g/mol. The number of nitrogens with one attached hydrogen (secondary N) is 2. The third-order valence-corrected chi connectivity index (χ3v) is 4.15. The minimum atomic E-state index is 0.0396. The SMILES string of the molecule is O=C1CCc2cc(OCc3nnc(Nc4ccc(Cl)cc4)o3)ccc2N1. The lowest BCUT2D eigenvalue weighted by Crippen LogP contribution is -2.18. The Balaban J connectivity index is 1.37. The molecule has 7 nitrogen and oxygen atoms in total. The topological polar surface area (TPSA) is 89.3 Å². The summed E-state index contributed by atoms with van der Waals surface area (Å²) in [5.74, 6) is 1.08. The van der Waals surface area contributed by atoms with Gasteiger partial charge in [0.1, 0.15) is 5.75 Å². The molecule has 4 rings (SSSR count). The highest BCUT2D eigenvalue weighted by Gasteiger charge is 2.15. The second kappa shape index (κ2) is 7.05. The molecule has 2 heterocycles. The van der Waals surface area contributed by atoms with Crippen molar-refractivity contribution >= 4 is 34.9 Å². The van der Waals surface area contributed by atoms with Gasteiger partial charge >= 0.3 is 6.01 Å². The number of aromatic nitrogens is 2. The van der Waals surface area contributed by atoms with Crippen LogP contribution in [0, 0.1) is 0 Å². The molecule has 132 valence electrons. The molecule has 0 saturated heterocycles. The molecule has 1 amide bonds. The number of aryl methyl sites for hydroxylation is 1. The Hall–Kier alpha value is -3.06. The first-order chi connectivity index (χ1) is 12.7. The van der Waals surface area contributed by atoms with Crippen molar-refractivity contribution < 1.29 is 13.9 Å². The van der Waals surface area contributed by atoms with Crippen LogP contribution >= 0.6 is 11.6 Å². The zero-order valence-corrected chi connectivity index (χ0v) is 14.4. The van der Waals surface area contributed by atoms with Crippen molar-refractivity contribution in [1.82, 2.24) is 10.2 Å². The van der Waals surface area contributed by atoms with Crippen LogP contribution in [-0.4, -0.2) is 16.1 Å². The molecule has 2 aromatic carbocycles. The molecular formula is C18H15ClN4O3. The van der Waals surface area contributed by atoms with Crippen molar-refractivity contribution in [3.8, 4) is 5.75 Å². The predicted octanol–water partition coefficient (Wildman–Crippen LogP) is 3.93. The third kappa shape index (κ3) is 3.78. The Morgan fingerprint density at radius 1 is 1.15 bits per heavy atom. The minimum Gasteiger partial charge on any atom is -0.484 e.